The molecular weight excluding hydrogens is 264 g/mol. The molecule has 0 saturated carbocycles. The molecule has 21 heavy (non-hydrogen) atoms. The van der Waals surface area contributed by atoms with Gasteiger partial charge in [0.05, 0.1) is 12.2 Å². The molecule has 1 N–H and O–H groups in total. The maximum atomic E-state index is 4.53. The zero-order valence-corrected chi connectivity index (χ0v) is 11.1. The second kappa shape index (κ2) is 4.82. The third-order valence-electron chi connectivity index (χ3n) is 3.32. The van der Waals surface area contributed by atoms with Gasteiger partial charge in [0.15, 0.2) is 11.5 Å². The van der Waals surface area contributed by atoms with Gasteiger partial charge >= 0.3 is 0 Å². The van der Waals surface area contributed by atoms with Crippen LogP contribution >= 0.6 is 0 Å². The predicted molar refractivity (Wildman–Crippen MR) is 79.9 cm³/mol. The van der Waals surface area contributed by atoms with Gasteiger partial charge in [-0.25, -0.2) is 0 Å². The first-order valence-corrected chi connectivity index (χ1v) is 6.64. The fourth-order valence-electron chi connectivity index (χ4n) is 2.33. The second-order valence-corrected chi connectivity index (χ2v) is 4.67. The van der Waals surface area contributed by atoms with Crippen LogP contribution in [0.15, 0.2) is 55.0 Å². The molecule has 0 aliphatic carbocycles. The van der Waals surface area contributed by atoms with E-state index in [2.05, 4.69) is 25.6 Å². The smallest absolute Gasteiger partial charge is 0.185 e. The van der Waals surface area contributed by atoms with Crippen LogP contribution in [0, 0.1) is 0 Å². The summed E-state index contributed by atoms with van der Waals surface area (Å²) in [6.07, 6.45) is 3.39. The van der Waals surface area contributed by atoms with Gasteiger partial charge in [0.2, 0.25) is 0 Å². The number of nitrogens with zero attached hydrogens (tertiary/aromatic N) is 5. The molecule has 0 atom stereocenters. The van der Waals surface area contributed by atoms with E-state index in [0.717, 1.165) is 27.9 Å². The lowest BCUT2D eigenvalue weighted by atomic mass is 10.2. The van der Waals surface area contributed by atoms with Crippen molar-refractivity contribution in [2.24, 2.45) is 0 Å². The van der Waals surface area contributed by atoms with E-state index < -0.39 is 0 Å². The standard InChI is InChI=1S/C15H12N6/c1-2-7-13-12(6-1)14(20-21-10-18-19-15(13)21)17-9-11-5-3-4-8-16-11/h1-8,10H,9H2,(H,17,20). The monoisotopic (exact) mass is 276 g/mol. The maximum Gasteiger partial charge on any atom is 0.185 e. The van der Waals surface area contributed by atoms with Gasteiger partial charge in [0, 0.05) is 17.0 Å². The van der Waals surface area contributed by atoms with Gasteiger partial charge in [-0.2, -0.15) is 4.52 Å². The Morgan fingerprint density at radius 1 is 1.00 bits per heavy atom. The van der Waals surface area contributed by atoms with Gasteiger partial charge < -0.3 is 5.32 Å². The van der Waals surface area contributed by atoms with Crippen LogP contribution in [0.3, 0.4) is 0 Å². The number of nitrogens with one attached hydrogen (secondary N) is 1. The molecule has 6 nitrogen and oxygen atoms in total. The summed E-state index contributed by atoms with van der Waals surface area (Å²) in [5, 5.41) is 17.9. The Hall–Kier alpha value is -3.02. The summed E-state index contributed by atoms with van der Waals surface area (Å²) in [6.45, 7) is 0.617. The number of hydrogen-bond donors (Lipinski definition) is 1. The minimum atomic E-state index is 0.617. The van der Waals surface area contributed by atoms with Crippen LogP contribution in [-0.2, 0) is 6.54 Å². The molecule has 3 aromatic heterocycles. The van der Waals surface area contributed by atoms with Gasteiger partial charge in [-0.1, -0.05) is 30.3 Å². The first kappa shape index (κ1) is 11.8. The Morgan fingerprint density at radius 2 is 1.86 bits per heavy atom. The molecule has 0 aliphatic heterocycles. The van der Waals surface area contributed by atoms with Gasteiger partial charge in [-0.3, -0.25) is 4.98 Å². The molecular formula is C15H12N6. The average Bonchev–Trinajstić information content (AvgIpc) is 3.02. The van der Waals surface area contributed by atoms with Crippen LogP contribution in [0.1, 0.15) is 5.69 Å². The summed E-state index contributed by atoms with van der Waals surface area (Å²) >= 11 is 0. The SMILES string of the molecule is c1ccc(CNc2nn3cnnc3c3ccccc23)nc1. The minimum Gasteiger partial charge on any atom is -0.362 e. The normalized spacial score (nSPS) is 11.0. The predicted octanol–water partition coefficient (Wildman–Crippen LogP) is 2.28. The zero-order valence-electron chi connectivity index (χ0n) is 11.1. The topological polar surface area (TPSA) is 68.0 Å². The summed E-state index contributed by atoms with van der Waals surface area (Å²) in [7, 11) is 0. The second-order valence-electron chi connectivity index (χ2n) is 4.67. The van der Waals surface area contributed by atoms with E-state index >= 15 is 0 Å². The lowest BCUT2D eigenvalue weighted by Gasteiger charge is -2.09. The lowest BCUT2D eigenvalue weighted by Crippen LogP contribution is -2.06. The molecule has 0 fully saturated rings. The summed E-state index contributed by atoms with van der Waals surface area (Å²) in [5.74, 6) is 0.795. The number of benzene rings is 1. The summed E-state index contributed by atoms with van der Waals surface area (Å²) in [4.78, 5) is 4.30. The van der Waals surface area contributed by atoms with E-state index in [1.807, 2.05) is 42.5 Å². The van der Waals surface area contributed by atoms with Crippen LogP contribution in [0.4, 0.5) is 5.82 Å². The van der Waals surface area contributed by atoms with Crippen molar-refractivity contribution in [3.8, 4) is 0 Å². The Balaban J connectivity index is 1.79. The Morgan fingerprint density at radius 3 is 2.71 bits per heavy atom. The number of pyridine rings is 1. The molecule has 1 aromatic carbocycles. The maximum absolute atomic E-state index is 4.53. The molecule has 0 radical (unpaired) electrons. The third kappa shape index (κ3) is 2.06. The van der Waals surface area contributed by atoms with E-state index in [9.17, 15) is 0 Å². The molecule has 0 bridgehead atoms. The summed E-state index contributed by atoms with van der Waals surface area (Å²) < 4.78 is 1.68. The minimum absolute atomic E-state index is 0.617. The van der Waals surface area contributed by atoms with Crippen molar-refractivity contribution in [3.63, 3.8) is 0 Å². The first-order chi connectivity index (χ1) is 10.4. The molecule has 0 saturated heterocycles. The average molecular weight is 276 g/mol. The summed E-state index contributed by atoms with van der Waals surface area (Å²) in [6, 6.07) is 13.9. The van der Waals surface area contributed by atoms with E-state index in [0.29, 0.717) is 6.54 Å². The van der Waals surface area contributed by atoms with E-state index in [4.69, 9.17) is 0 Å². The molecule has 0 aliphatic rings. The summed E-state index contributed by atoms with van der Waals surface area (Å²) in [5.41, 5.74) is 1.72. The van der Waals surface area contributed by atoms with Crippen molar-refractivity contribution in [1.82, 2.24) is 24.8 Å². The molecule has 0 spiro atoms. The Labute approximate surface area is 120 Å². The van der Waals surface area contributed by atoms with Gasteiger partial charge in [0.25, 0.3) is 0 Å². The van der Waals surface area contributed by atoms with E-state index in [1.165, 1.54) is 0 Å². The van der Waals surface area contributed by atoms with Crippen molar-refractivity contribution < 1.29 is 0 Å². The van der Waals surface area contributed by atoms with Crippen molar-refractivity contribution in [1.29, 1.82) is 0 Å². The lowest BCUT2D eigenvalue weighted by molar-refractivity contribution is 0.920. The first-order valence-electron chi connectivity index (χ1n) is 6.64. The van der Waals surface area contributed by atoms with Gasteiger partial charge in [0.1, 0.15) is 6.33 Å². The molecule has 102 valence electrons. The van der Waals surface area contributed by atoms with Gasteiger partial charge in [-0.15, -0.1) is 15.3 Å². The molecule has 3 heterocycles. The van der Waals surface area contributed by atoms with Crippen molar-refractivity contribution in [2.45, 2.75) is 6.54 Å². The highest BCUT2D eigenvalue weighted by molar-refractivity contribution is 5.99. The Kier molecular flexibility index (Phi) is 2.71. The quantitative estimate of drug-likeness (QED) is 0.621. The van der Waals surface area contributed by atoms with Crippen molar-refractivity contribution in [2.75, 3.05) is 5.32 Å². The van der Waals surface area contributed by atoms with Crippen LogP contribution in [0.5, 0.6) is 0 Å². The molecule has 4 rings (SSSR count). The van der Waals surface area contributed by atoms with E-state index in [-0.39, 0.29) is 0 Å². The number of fused-ring (bicyclic) bond motifs is 3. The largest absolute Gasteiger partial charge is 0.362 e. The third-order valence-corrected chi connectivity index (χ3v) is 3.32. The Bertz CT molecular complexity index is 900. The molecule has 4 aromatic rings. The van der Waals surface area contributed by atoms with Crippen LogP contribution in [0.25, 0.3) is 16.4 Å². The van der Waals surface area contributed by atoms with Crippen molar-refractivity contribution >= 4 is 22.2 Å². The fraction of sp³-hybridized carbons (Fsp3) is 0.0667. The van der Waals surface area contributed by atoms with E-state index in [1.54, 1.807) is 17.0 Å². The fourth-order valence-corrected chi connectivity index (χ4v) is 2.33. The van der Waals surface area contributed by atoms with Crippen LogP contribution < -0.4 is 5.32 Å². The van der Waals surface area contributed by atoms with Crippen molar-refractivity contribution in [3.05, 3.63) is 60.7 Å². The molecule has 0 amide bonds. The van der Waals surface area contributed by atoms with Crippen LogP contribution in [-0.4, -0.2) is 24.8 Å². The number of hydrogen-bond acceptors (Lipinski definition) is 5. The number of anilines is 1. The number of rotatable bonds is 3. The highest BCUT2D eigenvalue weighted by Gasteiger charge is 2.09. The molecule has 0 unspecified atom stereocenters. The molecule has 6 heteroatoms. The number of aromatic nitrogens is 5. The van der Waals surface area contributed by atoms with Crippen LogP contribution in [0.2, 0.25) is 0 Å². The highest BCUT2D eigenvalue weighted by atomic mass is 15.4. The highest BCUT2D eigenvalue weighted by Crippen LogP contribution is 2.24. The van der Waals surface area contributed by atoms with Gasteiger partial charge in [-0.05, 0) is 12.1 Å². The zero-order chi connectivity index (χ0) is 14.1.